The molecule has 1 N–H and O–H groups in total. The molecule has 6 heteroatoms. The molecule has 21 heavy (non-hydrogen) atoms. The van der Waals surface area contributed by atoms with Crippen LogP contribution < -0.4 is 14.8 Å². The molecule has 2 rings (SSSR count). The minimum absolute atomic E-state index is 0.332. The van der Waals surface area contributed by atoms with Crippen LogP contribution in [0.3, 0.4) is 0 Å². The quantitative estimate of drug-likeness (QED) is 0.810. The van der Waals surface area contributed by atoms with Crippen molar-refractivity contribution in [3.63, 3.8) is 0 Å². The third-order valence-corrected chi connectivity index (χ3v) is 3.87. The van der Waals surface area contributed by atoms with E-state index >= 15 is 0 Å². The van der Waals surface area contributed by atoms with Crippen LogP contribution in [-0.4, -0.2) is 14.2 Å². The summed E-state index contributed by atoms with van der Waals surface area (Å²) in [6.07, 6.45) is 0. The van der Waals surface area contributed by atoms with Crippen molar-refractivity contribution < 1.29 is 13.9 Å². The zero-order valence-corrected chi connectivity index (χ0v) is 13.9. The van der Waals surface area contributed by atoms with Gasteiger partial charge in [0.2, 0.25) is 0 Å². The standard InChI is InChI=1S/C15H14BrClFNO2/c1-20-13-6-3-9(14(17)15(13)21-2)8-19-12-5-4-10(16)7-11(12)18/h3-7,19H,8H2,1-2H3. The highest BCUT2D eigenvalue weighted by atomic mass is 79.9. The highest BCUT2D eigenvalue weighted by Gasteiger charge is 2.13. The Labute approximate surface area is 136 Å². The maximum absolute atomic E-state index is 13.7. The number of ether oxygens (including phenoxy) is 2. The number of hydrogen-bond donors (Lipinski definition) is 1. The van der Waals surface area contributed by atoms with Crippen LogP contribution in [0.2, 0.25) is 5.02 Å². The molecule has 2 aromatic carbocycles. The molecule has 0 heterocycles. The van der Waals surface area contributed by atoms with Gasteiger partial charge in [-0.15, -0.1) is 0 Å². The van der Waals surface area contributed by atoms with Gasteiger partial charge in [-0.1, -0.05) is 33.6 Å². The molecule has 0 amide bonds. The molecule has 0 aliphatic carbocycles. The van der Waals surface area contributed by atoms with E-state index < -0.39 is 0 Å². The van der Waals surface area contributed by atoms with Gasteiger partial charge in [-0.2, -0.15) is 0 Å². The van der Waals surface area contributed by atoms with Gasteiger partial charge in [0.25, 0.3) is 0 Å². The largest absolute Gasteiger partial charge is 0.493 e. The van der Waals surface area contributed by atoms with E-state index in [2.05, 4.69) is 21.2 Å². The Morgan fingerprint density at radius 2 is 1.95 bits per heavy atom. The SMILES string of the molecule is COc1ccc(CNc2ccc(Br)cc2F)c(Cl)c1OC. The van der Waals surface area contributed by atoms with Crippen molar-refractivity contribution in [1.29, 1.82) is 0 Å². The van der Waals surface area contributed by atoms with Crippen LogP contribution in [0.15, 0.2) is 34.8 Å². The summed E-state index contributed by atoms with van der Waals surface area (Å²) in [5, 5.41) is 3.46. The van der Waals surface area contributed by atoms with Gasteiger partial charge < -0.3 is 14.8 Å². The first kappa shape index (κ1) is 15.9. The van der Waals surface area contributed by atoms with E-state index in [1.807, 2.05) is 6.07 Å². The molecule has 0 saturated carbocycles. The van der Waals surface area contributed by atoms with Crippen molar-refractivity contribution in [3.8, 4) is 11.5 Å². The Morgan fingerprint density at radius 1 is 1.19 bits per heavy atom. The molecule has 2 aromatic rings. The number of rotatable bonds is 5. The molecule has 0 bridgehead atoms. The first-order valence-electron chi connectivity index (χ1n) is 6.15. The fourth-order valence-electron chi connectivity index (χ4n) is 1.89. The number of nitrogens with one attached hydrogen (secondary N) is 1. The topological polar surface area (TPSA) is 30.5 Å². The average molecular weight is 375 g/mol. The molecule has 0 saturated heterocycles. The van der Waals surface area contributed by atoms with E-state index in [-0.39, 0.29) is 5.82 Å². The first-order valence-corrected chi connectivity index (χ1v) is 7.32. The molecule has 0 aliphatic rings. The molecule has 0 aromatic heterocycles. The Bertz CT molecular complexity index is 652. The fourth-order valence-corrected chi connectivity index (χ4v) is 2.52. The Morgan fingerprint density at radius 3 is 2.57 bits per heavy atom. The zero-order valence-electron chi connectivity index (χ0n) is 11.5. The lowest BCUT2D eigenvalue weighted by Crippen LogP contribution is -2.03. The number of benzene rings is 2. The Balaban J connectivity index is 2.20. The smallest absolute Gasteiger partial charge is 0.179 e. The molecular formula is C15H14BrClFNO2. The van der Waals surface area contributed by atoms with Crippen molar-refractivity contribution in [3.05, 3.63) is 51.2 Å². The van der Waals surface area contributed by atoms with Crippen molar-refractivity contribution in [2.75, 3.05) is 19.5 Å². The van der Waals surface area contributed by atoms with E-state index in [4.69, 9.17) is 21.1 Å². The van der Waals surface area contributed by atoms with E-state index in [0.29, 0.717) is 33.2 Å². The summed E-state index contributed by atoms with van der Waals surface area (Å²) in [5.74, 6) is 0.691. The predicted molar refractivity (Wildman–Crippen MR) is 86.0 cm³/mol. The number of hydrogen-bond acceptors (Lipinski definition) is 3. The van der Waals surface area contributed by atoms with Crippen molar-refractivity contribution in [2.45, 2.75) is 6.54 Å². The molecule has 0 spiro atoms. The van der Waals surface area contributed by atoms with Gasteiger partial charge in [-0.05, 0) is 29.8 Å². The normalized spacial score (nSPS) is 10.3. The lowest BCUT2D eigenvalue weighted by atomic mass is 10.2. The molecule has 0 radical (unpaired) electrons. The predicted octanol–water partition coefficient (Wildman–Crippen LogP) is 4.87. The number of halogens is 3. The molecule has 0 fully saturated rings. The van der Waals surface area contributed by atoms with Gasteiger partial charge in [0.05, 0.1) is 24.9 Å². The first-order chi connectivity index (χ1) is 10.1. The maximum atomic E-state index is 13.7. The van der Waals surface area contributed by atoms with Gasteiger partial charge in [0.1, 0.15) is 5.82 Å². The maximum Gasteiger partial charge on any atom is 0.179 e. The second-order valence-electron chi connectivity index (χ2n) is 4.25. The summed E-state index contributed by atoms with van der Waals surface area (Å²) >= 11 is 9.50. The van der Waals surface area contributed by atoms with Crippen LogP contribution in [0.25, 0.3) is 0 Å². The third-order valence-electron chi connectivity index (χ3n) is 2.97. The average Bonchev–Trinajstić information content (AvgIpc) is 2.47. The summed E-state index contributed by atoms with van der Waals surface area (Å²) in [6, 6.07) is 8.40. The highest BCUT2D eigenvalue weighted by molar-refractivity contribution is 9.10. The van der Waals surface area contributed by atoms with Gasteiger partial charge in [-0.25, -0.2) is 4.39 Å². The summed E-state index contributed by atoms with van der Waals surface area (Å²) < 4.78 is 24.8. The second-order valence-corrected chi connectivity index (χ2v) is 5.55. The Kier molecular flexibility index (Phi) is 5.31. The molecule has 0 aliphatic heterocycles. The van der Waals surface area contributed by atoms with E-state index in [9.17, 15) is 4.39 Å². The van der Waals surface area contributed by atoms with E-state index in [1.165, 1.54) is 13.2 Å². The lowest BCUT2D eigenvalue weighted by Gasteiger charge is -2.14. The minimum Gasteiger partial charge on any atom is -0.493 e. The van der Waals surface area contributed by atoms with Crippen molar-refractivity contribution in [2.24, 2.45) is 0 Å². The molecular weight excluding hydrogens is 361 g/mol. The fraction of sp³-hybridized carbons (Fsp3) is 0.200. The van der Waals surface area contributed by atoms with Crippen LogP contribution in [0.5, 0.6) is 11.5 Å². The van der Waals surface area contributed by atoms with Crippen molar-refractivity contribution in [1.82, 2.24) is 0 Å². The minimum atomic E-state index is -0.332. The van der Waals surface area contributed by atoms with Crippen molar-refractivity contribution >= 4 is 33.2 Å². The van der Waals surface area contributed by atoms with Gasteiger partial charge in [0.15, 0.2) is 11.5 Å². The molecule has 0 unspecified atom stereocenters. The summed E-state index contributed by atoms with van der Waals surface area (Å²) in [7, 11) is 3.07. The van der Waals surface area contributed by atoms with Gasteiger partial charge in [0, 0.05) is 11.0 Å². The van der Waals surface area contributed by atoms with Gasteiger partial charge >= 0.3 is 0 Å². The third kappa shape index (κ3) is 3.60. The van der Waals surface area contributed by atoms with E-state index in [1.54, 1.807) is 25.3 Å². The van der Waals surface area contributed by atoms with Crippen LogP contribution in [-0.2, 0) is 6.54 Å². The molecule has 112 valence electrons. The van der Waals surface area contributed by atoms with Gasteiger partial charge in [-0.3, -0.25) is 0 Å². The summed E-state index contributed by atoms with van der Waals surface area (Å²) in [5.41, 5.74) is 1.20. The summed E-state index contributed by atoms with van der Waals surface area (Å²) in [6.45, 7) is 0.373. The lowest BCUT2D eigenvalue weighted by molar-refractivity contribution is 0.355. The highest BCUT2D eigenvalue weighted by Crippen LogP contribution is 2.37. The number of anilines is 1. The second kappa shape index (κ2) is 7.00. The van der Waals surface area contributed by atoms with Crippen LogP contribution in [0.4, 0.5) is 10.1 Å². The summed E-state index contributed by atoms with van der Waals surface area (Å²) in [4.78, 5) is 0. The zero-order chi connectivity index (χ0) is 15.4. The van der Waals surface area contributed by atoms with Crippen LogP contribution >= 0.6 is 27.5 Å². The number of methoxy groups -OCH3 is 2. The Hall–Kier alpha value is -1.46. The van der Waals surface area contributed by atoms with Crippen LogP contribution in [0.1, 0.15) is 5.56 Å². The van der Waals surface area contributed by atoms with Crippen LogP contribution in [0, 0.1) is 5.82 Å². The van der Waals surface area contributed by atoms with E-state index in [0.717, 1.165) is 5.56 Å². The monoisotopic (exact) mass is 373 g/mol. The molecule has 3 nitrogen and oxygen atoms in total. The molecule has 0 atom stereocenters.